The van der Waals surface area contributed by atoms with E-state index in [1.165, 1.54) is 4.57 Å². The average Bonchev–Trinajstić information content (AvgIpc) is 3.85. The van der Waals surface area contributed by atoms with E-state index in [0.29, 0.717) is 42.8 Å². The van der Waals surface area contributed by atoms with Gasteiger partial charge in [-0.05, 0) is 59.4 Å². The summed E-state index contributed by atoms with van der Waals surface area (Å²) in [6.45, 7) is 5.49. The van der Waals surface area contributed by atoms with Crippen LogP contribution in [0.2, 0.25) is 5.15 Å². The second-order valence-electron chi connectivity index (χ2n) is 14.9. The van der Waals surface area contributed by atoms with Crippen LogP contribution in [-0.4, -0.2) is 109 Å². The quantitative estimate of drug-likeness (QED) is 0.198. The summed E-state index contributed by atoms with van der Waals surface area (Å²) in [6, 6.07) is 4.03. The number of pyridine rings is 1. The van der Waals surface area contributed by atoms with Crippen molar-refractivity contribution in [1.82, 2.24) is 9.55 Å². The standard InChI is InChI=1S/C35H50ClN4O13P/c1-34(2)17-46-13-7-8-14-47-18-35(3,4)33(44)50-20-52-54(45,51-19-49-32(34)43)21-48-16-25-27(41)28(42)31(53-25)40-12-11-23-26(38-22-9-5-6-10-22)24(15-37)29(36)39-30(23)40/h11-12,22,25,27-28,31,41-42H,5-10,13-14,16-21H2,1-4H3,(H,38,39)/t25?,27-,28-,31-/m1/s1. The molecule has 0 aromatic carbocycles. The molecule has 2 saturated heterocycles. The molecule has 0 bridgehead atoms. The molecule has 5 rings (SSSR count). The first-order chi connectivity index (χ1) is 25.7. The van der Waals surface area contributed by atoms with Crippen molar-refractivity contribution in [2.45, 2.75) is 96.8 Å². The van der Waals surface area contributed by atoms with Crippen LogP contribution >= 0.6 is 19.2 Å². The number of halogens is 1. The van der Waals surface area contributed by atoms with Crippen molar-refractivity contribution in [3.63, 3.8) is 0 Å². The Balaban J connectivity index is 1.25. The van der Waals surface area contributed by atoms with Gasteiger partial charge < -0.3 is 48.5 Å². The SMILES string of the molecule is CC1(C)COCCCCOCC(C)(C)C(=O)OCOP(=O)(COCC2O[C@@H](n3ccc4c(NC5CCCC5)c(C#N)c(Cl)nc43)[C@H](O)[C@@H]2O)OCOC1=O. The zero-order valence-corrected chi connectivity index (χ0v) is 32.6. The van der Waals surface area contributed by atoms with Gasteiger partial charge in [0.05, 0.1) is 36.3 Å². The van der Waals surface area contributed by atoms with E-state index in [-0.39, 0.29) is 36.6 Å². The predicted octanol–water partition coefficient (Wildman–Crippen LogP) is 4.62. The third-order valence-electron chi connectivity index (χ3n) is 9.51. The molecule has 0 spiro atoms. The summed E-state index contributed by atoms with van der Waals surface area (Å²) >= 11 is 6.45. The van der Waals surface area contributed by atoms with Gasteiger partial charge in [-0.25, -0.2) is 4.98 Å². The zero-order chi connectivity index (χ0) is 39.1. The van der Waals surface area contributed by atoms with Crippen LogP contribution in [0.4, 0.5) is 5.69 Å². The Morgan fingerprint density at radius 3 is 2.17 bits per heavy atom. The van der Waals surface area contributed by atoms with Gasteiger partial charge in [0.2, 0.25) is 13.6 Å². The number of carbonyl (C=O) groups excluding carboxylic acids is 2. The molecule has 3 aliphatic rings. The third kappa shape index (κ3) is 10.3. The molecule has 0 amide bonds. The molecule has 2 aromatic heterocycles. The summed E-state index contributed by atoms with van der Waals surface area (Å²) in [5, 5.41) is 35.9. The number of aromatic nitrogens is 2. The monoisotopic (exact) mass is 800 g/mol. The molecule has 0 radical (unpaired) electrons. The topological polar surface area (TPSA) is 219 Å². The minimum Gasteiger partial charge on any atom is -0.437 e. The first-order valence-corrected chi connectivity index (χ1v) is 20.1. The van der Waals surface area contributed by atoms with E-state index in [4.69, 9.17) is 49.1 Å². The number of aliphatic hydroxyl groups excluding tert-OH is 2. The van der Waals surface area contributed by atoms with Gasteiger partial charge >= 0.3 is 19.5 Å². The van der Waals surface area contributed by atoms with Crippen molar-refractivity contribution >= 4 is 47.9 Å². The minimum atomic E-state index is -4.29. The predicted molar refractivity (Wildman–Crippen MR) is 192 cm³/mol. The molecule has 1 saturated carbocycles. The van der Waals surface area contributed by atoms with Crippen LogP contribution in [-0.2, 0) is 51.6 Å². The Morgan fingerprint density at radius 1 is 1.00 bits per heavy atom. The molecule has 3 fully saturated rings. The highest BCUT2D eigenvalue weighted by Crippen LogP contribution is 2.48. The fourth-order valence-electron chi connectivity index (χ4n) is 6.25. The summed E-state index contributed by atoms with van der Waals surface area (Å²) in [7, 11) is -4.29. The highest BCUT2D eigenvalue weighted by atomic mass is 35.5. The minimum absolute atomic E-state index is 0.0242. The Kier molecular flexibility index (Phi) is 14.4. The second kappa shape index (κ2) is 18.4. The Bertz CT molecular complexity index is 1670. The van der Waals surface area contributed by atoms with Gasteiger partial charge in [-0.2, -0.15) is 5.26 Å². The summed E-state index contributed by atoms with van der Waals surface area (Å²) in [5.74, 6) is -1.35. The summed E-state index contributed by atoms with van der Waals surface area (Å²) < 4.78 is 59.5. The molecular formula is C35H50ClN4O13P. The Labute approximate surface area is 318 Å². The molecule has 300 valence electrons. The molecule has 1 unspecified atom stereocenters. The van der Waals surface area contributed by atoms with Gasteiger partial charge in [0.25, 0.3) is 0 Å². The van der Waals surface area contributed by atoms with Gasteiger partial charge in [-0.15, -0.1) is 0 Å². The van der Waals surface area contributed by atoms with Gasteiger partial charge in [0.15, 0.2) is 11.4 Å². The number of nitrogens with zero attached hydrogens (tertiary/aromatic N) is 3. The molecule has 4 heterocycles. The molecule has 54 heavy (non-hydrogen) atoms. The van der Waals surface area contributed by atoms with E-state index in [1.54, 1.807) is 40.0 Å². The number of esters is 2. The number of nitrogens with one attached hydrogen (secondary N) is 1. The van der Waals surface area contributed by atoms with E-state index in [2.05, 4.69) is 16.4 Å². The number of carbonyl (C=O) groups is 2. The van der Waals surface area contributed by atoms with Crippen molar-refractivity contribution in [2.24, 2.45) is 10.8 Å². The largest absolute Gasteiger partial charge is 0.437 e. The van der Waals surface area contributed by atoms with Crippen molar-refractivity contribution in [3.8, 4) is 6.07 Å². The number of hydrogen-bond acceptors (Lipinski definition) is 16. The maximum absolute atomic E-state index is 13.8. The zero-order valence-electron chi connectivity index (χ0n) is 31.0. The van der Waals surface area contributed by atoms with E-state index >= 15 is 0 Å². The number of fused-ring (bicyclic) bond motifs is 1. The van der Waals surface area contributed by atoms with Crippen LogP contribution < -0.4 is 5.32 Å². The molecule has 1 aliphatic carbocycles. The fraction of sp³-hybridized carbons (Fsp3) is 0.714. The normalized spacial score (nSPS) is 27.7. The van der Waals surface area contributed by atoms with Crippen LogP contribution in [0.3, 0.4) is 0 Å². The van der Waals surface area contributed by atoms with Crippen LogP contribution in [0, 0.1) is 22.2 Å². The fourth-order valence-corrected chi connectivity index (χ4v) is 7.45. The van der Waals surface area contributed by atoms with E-state index < -0.39 is 74.8 Å². The van der Waals surface area contributed by atoms with Crippen LogP contribution in [0.1, 0.15) is 78.0 Å². The lowest BCUT2D eigenvalue weighted by molar-refractivity contribution is -0.166. The number of rotatable bonds is 7. The van der Waals surface area contributed by atoms with Gasteiger partial charge in [0, 0.05) is 30.8 Å². The second-order valence-corrected chi connectivity index (χ2v) is 17.3. The maximum Gasteiger partial charge on any atom is 0.361 e. The first-order valence-electron chi connectivity index (χ1n) is 18.0. The molecular weight excluding hydrogens is 751 g/mol. The highest BCUT2D eigenvalue weighted by molar-refractivity contribution is 7.53. The number of anilines is 1. The first kappa shape index (κ1) is 42.3. The van der Waals surface area contributed by atoms with E-state index in [1.807, 2.05) is 0 Å². The van der Waals surface area contributed by atoms with Crippen molar-refractivity contribution in [3.05, 3.63) is 23.0 Å². The third-order valence-corrected chi connectivity index (χ3v) is 11.3. The molecule has 3 N–H and O–H groups in total. The van der Waals surface area contributed by atoms with Crippen LogP contribution in [0.5, 0.6) is 0 Å². The molecule has 17 nitrogen and oxygen atoms in total. The van der Waals surface area contributed by atoms with E-state index in [0.717, 1.165) is 25.7 Å². The number of cyclic esters (lactones) is 2. The van der Waals surface area contributed by atoms with Crippen LogP contribution in [0.15, 0.2) is 12.3 Å². The highest BCUT2D eigenvalue weighted by Gasteiger charge is 2.45. The summed E-state index contributed by atoms with van der Waals surface area (Å²) in [5.41, 5.74) is -1.03. The van der Waals surface area contributed by atoms with E-state index in [9.17, 15) is 29.6 Å². The lowest BCUT2D eigenvalue weighted by atomic mass is 9.95. The number of nitriles is 1. The maximum atomic E-state index is 13.8. The number of hydrogen-bond donors (Lipinski definition) is 3. The molecule has 2 aliphatic heterocycles. The van der Waals surface area contributed by atoms with Crippen LogP contribution in [0.25, 0.3) is 11.0 Å². The van der Waals surface area contributed by atoms with Crippen molar-refractivity contribution in [2.75, 3.05) is 58.3 Å². The van der Waals surface area contributed by atoms with Gasteiger partial charge in [-0.1, -0.05) is 24.4 Å². The molecule has 4 atom stereocenters. The Hall–Kier alpha value is -2.88. The Morgan fingerprint density at radius 2 is 1.59 bits per heavy atom. The number of ether oxygens (including phenoxy) is 6. The smallest absolute Gasteiger partial charge is 0.361 e. The lowest BCUT2D eigenvalue weighted by Crippen LogP contribution is -2.34. The van der Waals surface area contributed by atoms with Crippen molar-refractivity contribution in [1.29, 1.82) is 5.26 Å². The average molecular weight is 801 g/mol. The van der Waals surface area contributed by atoms with Crippen molar-refractivity contribution < 1.29 is 61.8 Å². The molecule has 2 aromatic rings. The summed E-state index contributed by atoms with van der Waals surface area (Å²) in [6.07, 6.45) is 1.13. The molecule has 19 heteroatoms. The van der Waals surface area contributed by atoms with Gasteiger partial charge in [-0.3, -0.25) is 23.2 Å². The lowest BCUT2D eigenvalue weighted by Gasteiger charge is -2.24. The number of aliphatic hydroxyl groups is 2. The summed E-state index contributed by atoms with van der Waals surface area (Å²) in [4.78, 5) is 30.0. The van der Waals surface area contributed by atoms with Gasteiger partial charge in [0.1, 0.15) is 41.9 Å².